The minimum Gasteiger partial charge on any atom is -0.496 e. The highest BCUT2D eigenvalue weighted by molar-refractivity contribution is 7.90. The summed E-state index contributed by atoms with van der Waals surface area (Å²) in [6.07, 6.45) is 1.27. The molecule has 1 N–H and O–H groups in total. The molecule has 0 aliphatic carbocycles. The van der Waals surface area contributed by atoms with Crippen molar-refractivity contribution in [3.63, 3.8) is 0 Å². The molecule has 0 heterocycles. The number of sulfone groups is 1. The van der Waals surface area contributed by atoms with E-state index >= 15 is 0 Å². The van der Waals surface area contributed by atoms with Crippen molar-refractivity contribution in [3.05, 3.63) is 54.1 Å². The molecule has 0 fully saturated rings. The van der Waals surface area contributed by atoms with Crippen molar-refractivity contribution in [2.24, 2.45) is 0 Å². The Morgan fingerprint density at radius 3 is 2.55 bits per heavy atom. The van der Waals surface area contributed by atoms with Gasteiger partial charge in [0.25, 0.3) is 0 Å². The minimum atomic E-state index is -3.30. The number of benzene rings is 2. The molecule has 116 valence electrons. The average molecular weight is 319 g/mol. The molecular formula is C16H17NO4S. The van der Waals surface area contributed by atoms with E-state index in [1.54, 1.807) is 25.3 Å². The van der Waals surface area contributed by atoms with Gasteiger partial charge in [-0.1, -0.05) is 24.3 Å². The topological polar surface area (TPSA) is 72.5 Å². The van der Waals surface area contributed by atoms with Gasteiger partial charge in [0.05, 0.1) is 18.4 Å². The van der Waals surface area contributed by atoms with Crippen molar-refractivity contribution in [2.75, 3.05) is 18.7 Å². The standard InChI is InChI=1S/C16H17NO4S/c1-21-15-9-4-3-6-12(15)10-16(18)17-13-7-5-8-14(11-13)22(2,19)20/h3-9,11H,10H2,1-2H3,(H,17,18). The molecule has 2 rings (SSSR count). The number of hydrogen-bond acceptors (Lipinski definition) is 4. The fourth-order valence-electron chi connectivity index (χ4n) is 2.03. The lowest BCUT2D eigenvalue weighted by Crippen LogP contribution is -2.15. The van der Waals surface area contributed by atoms with Crippen LogP contribution in [0, 0.1) is 0 Å². The first kappa shape index (κ1) is 16.0. The molecule has 0 atom stereocenters. The molecule has 0 aliphatic rings. The maximum atomic E-state index is 12.1. The molecule has 2 aromatic carbocycles. The molecule has 0 saturated heterocycles. The molecule has 1 amide bonds. The van der Waals surface area contributed by atoms with Crippen LogP contribution >= 0.6 is 0 Å². The number of rotatable bonds is 5. The predicted molar refractivity (Wildman–Crippen MR) is 84.9 cm³/mol. The van der Waals surface area contributed by atoms with E-state index in [1.807, 2.05) is 18.2 Å². The van der Waals surface area contributed by atoms with E-state index in [9.17, 15) is 13.2 Å². The highest BCUT2D eigenvalue weighted by atomic mass is 32.2. The van der Waals surface area contributed by atoms with Crippen LogP contribution in [0.2, 0.25) is 0 Å². The van der Waals surface area contributed by atoms with Gasteiger partial charge in [-0.05, 0) is 24.3 Å². The Kier molecular flexibility index (Phi) is 4.82. The zero-order valence-electron chi connectivity index (χ0n) is 12.4. The number of methoxy groups -OCH3 is 1. The number of ether oxygens (including phenoxy) is 1. The van der Waals surface area contributed by atoms with Crippen LogP contribution in [0.1, 0.15) is 5.56 Å². The summed E-state index contributed by atoms with van der Waals surface area (Å²) in [7, 11) is -1.75. The van der Waals surface area contributed by atoms with E-state index in [0.717, 1.165) is 11.8 Å². The Hall–Kier alpha value is -2.34. The van der Waals surface area contributed by atoms with Crippen LogP contribution in [-0.2, 0) is 21.1 Å². The fraction of sp³-hybridized carbons (Fsp3) is 0.188. The summed E-state index contributed by atoms with van der Waals surface area (Å²) in [5.41, 5.74) is 1.21. The molecule has 0 aromatic heterocycles. The highest BCUT2D eigenvalue weighted by Crippen LogP contribution is 2.19. The third kappa shape index (κ3) is 4.08. The summed E-state index contributed by atoms with van der Waals surface area (Å²) in [6.45, 7) is 0. The molecule has 22 heavy (non-hydrogen) atoms. The zero-order valence-corrected chi connectivity index (χ0v) is 13.2. The number of nitrogens with one attached hydrogen (secondary N) is 1. The molecule has 0 saturated carbocycles. The van der Waals surface area contributed by atoms with Gasteiger partial charge in [-0.3, -0.25) is 4.79 Å². The summed E-state index contributed by atoms with van der Waals surface area (Å²) < 4.78 is 28.2. The van der Waals surface area contributed by atoms with Crippen molar-refractivity contribution < 1.29 is 17.9 Å². The highest BCUT2D eigenvalue weighted by Gasteiger charge is 2.11. The molecular weight excluding hydrogens is 302 g/mol. The fourth-order valence-corrected chi connectivity index (χ4v) is 2.70. The summed E-state index contributed by atoms with van der Waals surface area (Å²) in [4.78, 5) is 12.3. The third-order valence-electron chi connectivity index (χ3n) is 3.09. The molecule has 6 heteroatoms. The predicted octanol–water partition coefficient (Wildman–Crippen LogP) is 2.28. The Morgan fingerprint density at radius 1 is 1.14 bits per heavy atom. The van der Waals surface area contributed by atoms with Gasteiger partial charge in [0, 0.05) is 17.5 Å². The number of amides is 1. The first-order valence-corrected chi connectivity index (χ1v) is 8.51. The van der Waals surface area contributed by atoms with Crippen LogP contribution in [0.4, 0.5) is 5.69 Å². The zero-order chi connectivity index (χ0) is 16.2. The Balaban J connectivity index is 2.13. The number of anilines is 1. The van der Waals surface area contributed by atoms with Crippen LogP contribution in [0.5, 0.6) is 5.75 Å². The van der Waals surface area contributed by atoms with Crippen molar-refractivity contribution in [3.8, 4) is 5.75 Å². The van der Waals surface area contributed by atoms with Gasteiger partial charge in [-0.15, -0.1) is 0 Å². The van der Waals surface area contributed by atoms with Gasteiger partial charge in [-0.25, -0.2) is 8.42 Å². The van der Waals surface area contributed by atoms with E-state index in [2.05, 4.69) is 5.32 Å². The van der Waals surface area contributed by atoms with Gasteiger partial charge in [-0.2, -0.15) is 0 Å². The molecule has 0 spiro atoms. The molecule has 0 radical (unpaired) electrons. The van der Waals surface area contributed by atoms with Gasteiger partial charge in [0.15, 0.2) is 9.84 Å². The van der Waals surface area contributed by atoms with Gasteiger partial charge in [0.2, 0.25) is 5.91 Å². The quantitative estimate of drug-likeness (QED) is 0.917. The second-order valence-corrected chi connectivity index (χ2v) is 6.85. The first-order chi connectivity index (χ1) is 10.4. The maximum absolute atomic E-state index is 12.1. The van der Waals surface area contributed by atoms with Crippen molar-refractivity contribution in [2.45, 2.75) is 11.3 Å². The Labute approximate surface area is 129 Å². The van der Waals surface area contributed by atoms with Crippen LogP contribution in [0.25, 0.3) is 0 Å². The summed E-state index contributed by atoms with van der Waals surface area (Å²) in [6, 6.07) is 13.4. The second kappa shape index (κ2) is 6.62. The molecule has 0 aliphatic heterocycles. The Morgan fingerprint density at radius 2 is 1.86 bits per heavy atom. The number of para-hydroxylation sites is 1. The third-order valence-corrected chi connectivity index (χ3v) is 4.20. The smallest absolute Gasteiger partial charge is 0.228 e. The van der Waals surface area contributed by atoms with Crippen molar-refractivity contribution in [1.82, 2.24) is 0 Å². The summed E-state index contributed by atoms with van der Waals surface area (Å²) >= 11 is 0. The van der Waals surface area contributed by atoms with E-state index in [0.29, 0.717) is 11.4 Å². The maximum Gasteiger partial charge on any atom is 0.228 e. The summed E-state index contributed by atoms with van der Waals surface area (Å²) in [5, 5.41) is 2.70. The Bertz CT molecular complexity index is 784. The van der Waals surface area contributed by atoms with Crippen LogP contribution in [0.15, 0.2) is 53.4 Å². The van der Waals surface area contributed by atoms with Crippen LogP contribution in [0.3, 0.4) is 0 Å². The van der Waals surface area contributed by atoms with E-state index in [-0.39, 0.29) is 17.2 Å². The summed E-state index contributed by atoms with van der Waals surface area (Å²) in [5.74, 6) is 0.401. The van der Waals surface area contributed by atoms with Crippen LogP contribution in [-0.4, -0.2) is 27.7 Å². The number of hydrogen-bond donors (Lipinski definition) is 1. The lowest BCUT2D eigenvalue weighted by atomic mass is 10.1. The lowest BCUT2D eigenvalue weighted by Gasteiger charge is -2.09. The second-order valence-electron chi connectivity index (χ2n) is 4.84. The number of carbonyl (C=O) groups excluding carboxylic acids is 1. The van der Waals surface area contributed by atoms with Gasteiger partial charge in [0.1, 0.15) is 5.75 Å². The lowest BCUT2D eigenvalue weighted by molar-refractivity contribution is -0.115. The largest absolute Gasteiger partial charge is 0.496 e. The molecule has 0 unspecified atom stereocenters. The molecule has 0 bridgehead atoms. The molecule has 2 aromatic rings. The van der Waals surface area contributed by atoms with Crippen molar-refractivity contribution >= 4 is 21.4 Å². The SMILES string of the molecule is COc1ccccc1CC(=O)Nc1cccc(S(C)(=O)=O)c1. The monoisotopic (exact) mass is 319 g/mol. The minimum absolute atomic E-state index is 0.146. The van der Waals surface area contributed by atoms with E-state index < -0.39 is 9.84 Å². The van der Waals surface area contributed by atoms with E-state index in [1.165, 1.54) is 12.1 Å². The average Bonchev–Trinajstić information content (AvgIpc) is 2.47. The van der Waals surface area contributed by atoms with E-state index in [4.69, 9.17) is 4.74 Å². The first-order valence-electron chi connectivity index (χ1n) is 6.62. The van der Waals surface area contributed by atoms with Crippen LogP contribution < -0.4 is 10.1 Å². The van der Waals surface area contributed by atoms with Crippen molar-refractivity contribution in [1.29, 1.82) is 0 Å². The molecule has 5 nitrogen and oxygen atoms in total. The van der Waals surface area contributed by atoms with Gasteiger partial charge >= 0.3 is 0 Å². The van der Waals surface area contributed by atoms with Gasteiger partial charge < -0.3 is 10.1 Å². The number of carbonyl (C=O) groups is 1. The normalized spacial score (nSPS) is 11.0.